The molecule has 0 saturated heterocycles. The van der Waals surface area contributed by atoms with Crippen LogP contribution in [0.25, 0.3) is 11.0 Å². The van der Waals surface area contributed by atoms with Gasteiger partial charge in [0.1, 0.15) is 5.82 Å². The molecule has 2 heterocycles. The Labute approximate surface area is 132 Å². The van der Waals surface area contributed by atoms with Crippen LogP contribution in [0.1, 0.15) is 17.3 Å². The second kappa shape index (κ2) is 4.93. The molecule has 1 aliphatic rings. The maximum absolute atomic E-state index is 6.06. The molecule has 0 amide bonds. The number of nitrogens with one attached hydrogen (secondary N) is 2. The lowest BCUT2D eigenvalue weighted by Gasteiger charge is -2.24. The first-order valence-electron chi connectivity index (χ1n) is 6.87. The molecule has 3 aromatic rings. The topological polar surface area (TPSA) is 40.7 Å². The first-order valence-corrected chi connectivity index (χ1v) is 7.63. The zero-order valence-electron chi connectivity index (χ0n) is 11.2. The van der Waals surface area contributed by atoms with E-state index in [1.54, 1.807) is 0 Å². The predicted molar refractivity (Wildman–Crippen MR) is 87.5 cm³/mol. The fourth-order valence-electron chi connectivity index (χ4n) is 2.85. The number of halogens is 2. The second-order valence-corrected chi connectivity index (χ2v) is 6.16. The summed E-state index contributed by atoms with van der Waals surface area (Å²) in [4.78, 5) is 8.04. The van der Waals surface area contributed by atoms with E-state index in [4.69, 9.17) is 23.2 Å². The van der Waals surface area contributed by atoms with Gasteiger partial charge in [0.25, 0.3) is 0 Å². The number of hydrogen-bond acceptors (Lipinski definition) is 2. The van der Waals surface area contributed by atoms with Crippen LogP contribution in [0.2, 0.25) is 10.0 Å². The highest BCUT2D eigenvalue weighted by molar-refractivity contribution is 6.42. The Bertz CT molecular complexity index is 787. The van der Waals surface area contributed by atoms with E-state index in [2.05, 4.69) is 39.6 Å². The first kappa shape index (κ1) is 13.0. The molecule has 106 valence electrons. The summed E-state index contributed by atoms with van der Waals surface area (Å²) in [5.74, 6) is 1.30. The van der Waals surface area contributed by atoms with Crippen LogP contribution in [0.5, 0.6) is 0 Å². The number of imidazole rings is 1. The highest BCUT2D eigenvalue weighted by atomic mass is 35.5. The number of H-pyrrole nitrogens is 1. The highest BCUT2D eigenvalue weighted by Gasteiger charge is 2.22. The lowest BCUT2D eigenvalue weighted by molar-refractivity contribution is 0.659. The minimum atomic E-state index is 0.324. The van der Waals surface area contributed by atoms with E-state index < -0.39 is 0 Å². The van der Waals surface area contributed by atoms with Crippen LogP contribution in [0.4, 0.5) is 5.69 Å². The van der Waals surface area contributed by atoms with Crippen LogP contribution in [-0.2, 0) is 6.42 Å². The van der Waals surface area contributed by atoms with Crippen molar-refractivity contribution in [2.24, 2.45) is 0 Å². The third-order valence-corrected chi connectivity index (χ3v) is 4.67. The Hall–Kier alpha value is -1.71. The van der Waals surface area contributed by atoms with E-state index in [0.717, 1.165) is 29.8 Å². The Morgan fingerprint density at radius 2 is 1.90 bits per heavy atom. The molecule has 0 aliphatic carbocycles. The van der Waals surface area contributed by atoms with Gasteiger partial charge in [0.15, 0.2) is 0 Å². The van der Waals surface area contributed by atoms with Crippen LogP contribution in [0.3, 0.4) is 0 Å². The molecule has 0 radical (unpaired) electrons. The molecule has 5 heteroatoms. The quantitative estimate of drug-likeness (QED) is 0.687. The Balaban J connectivity index is 1.71. The third-order valence-electron chi connectivity index (χ3n) is 3.95. The number of rotatable bonds is 1. The summed E-state index contributed by atoms with van der Waals surface area (Å²) in [6.07, 6.45) is 0.977. The van der Waals surface area contributed by atoms with Gasteiger partial charge in [0, 0.05) is 18.2 Å². The van der Waals surface area contributed by atoms with Gasteiger partial charge in [0.2, 0.25) is 0 Å². The predicted octanol–water partition coefficient (Wildman–Crippen LogP) is 4.62. The van der Waals surface area contributed by atoms with Crippen molar-refractivity contribution in [3.05, 3.63) is 57.8 Å². The van der Waals surface area contributed by atoms with Crippen molar-refractivity contribution in [3.8, 4) is 0 Å². The summed E-state index contributed by atoms with van der Waals surface area (Å²) < 4.78 is 0. The van der Waals surface area contributed by atoms with E-state index in [-0.39, 0.29) is 0 Å². The molecule has 1 aromatic heterocycles. The fourth-order valence-corrected chi connectivity index (χ4v) is 3.17. The van der Waals surface area contributed by atoms with Gasteiger partial charge in [-0.15, -0.1) is 0 Å². The van der Waals surface area contributed by atoms with E-state index in [9.17, 15) is 0 Å². The number of nitrogens with zero attached hydrogens (tertiary/aromatic N) is 1. The first-order chi connectivity index (χ1) is 10.2. The van der Waals surface area contributed by atoms with Gasteiger partial charge in [0.05, 0.1) is 21.1 Å². The number of fused-ring (bicyclic) bond motifs is 2. The molecule has 0 saturated carbocycles. The van der Waals surface area contributed by atoms with Gasteiger partial charge in [-0.25, -0.2) is 4.98 Å². The molecular formula is C16H13Cl2N3. The van der Waals surface area contributed by atoms with Crippen molar-refractivity contribution >= 4 is 39.9 Å². The lowest BCUT2D eigenvalue weighted by atomic mass is 9.93. The third kappa shape index (κ3) is 2.27. The van der Waals surface area contributed by atoms with Gasteiger partial charge in [-0.05, 0) is 30.2 Å². The van der Waals surface area contributed by atoms with Crippen LogP contribution < -0.4 is 5.32 Å². The van der Waals surface area contributed by atoms with Crippen molar-refractivity contribution in [2.75, 3.05) is 11.9 Å². The summed E-state index contributed by atoms with van der Waals surface area (Å²) in [6, 6.07) is 12.0. The summed E-state index contributed by atoms with van der Waals surface area (Å²) in [5, 5.41) is 4.55. The summed E-state index contributed by atoms with van der Waals surface area (Å²) in [6.45, 7) is 0.873. The SMILES string of the molecule is Clc1cc2nc(C3CNc4ccccc4C3)[nH]c2cc1Cl. The van der Waals surface area contributed by atoms with E-state index in [0.29, 0.717) is 16.0 Å². The minimum Gasteiger partial charge on any atom is -0.384 e. The van der Waals surface area contributed by atoms with E-state index in [1.165, 1.54) is 11.3 Å². The molecule has 1 atom stereocenters. The Morgan fingerprint density at radius 1 is 1.10 bits per heavy atom. The van der Waals surface area contributed by atoms with Crippen molar-refractivity contribution in [1.29, 1.82) is 0 Å². The number of para-hydroxylation sites is 1. The van der Waals surface area contributed by atoms with Gasteiger partial charge >= 0.3 is 0 Å². The zero-order valence-corrected chi connectivity index (χ0v) is 12.7. The average molecular weight is 318 g/mol. The van der Waals surface area contributed by atoms with E-state index in [1.807, 2.05) is 12.1 Å². The van der Waals surface area contributed by atoms with Gasteiger partial charge in [-0.1, -0.05) is 41.4 Å². The normalized spacial score (nSPS) is 17.5. The molecule has 1 aliphatic heterocycles. The molecule has 21 heavy (non-hydrogen) atoms. The smallest absolute Gasteiger partial charge is 0.112 e. The molecule has 1 unspecified atom stereocenters. The number of anilines is 1. The summed E-state index contributed by atoms with van der Waals surface area (Å²) >= 11 is 12.1. The molecule has 2 N–H and O–H groups in total. The average Bonchev–Trinajstić information content (AvgIpc) is 2.90. The van der Waals surface area contributed by atoms with Crippen molar-refractivity contribution in [2.45, 2.75) is 12.3 Å². The maximum atomic E-state index is 6.06. The Kier molecular flexibility index (Phi) is 3.05. The largest absolute Gasteiger partial charge is 0.384 e. The second-order valence-electron chi connectivity index (χ2n) is 5.34. The van der Waals surface area contributed by atoms with E-state index >= 15 is 0 Å². The Morgan fingerprint density at radius 3 is 2.81 bits per heavy atom. The fraction of sp³-hybridized carbons (Fsp3) is 0.188. The van der Waals surface area contributed by atoms with Gasteiger partial charge in [-0.3, -0.25) is 0 Å². The standard InChI is InChI=1S/C16H13Cl2N3/c17-11-6-14-15(7-12(11)18)21-16(20-14)10-5-9-3-1-2-4-13(9)19-8-10/h1-4,6-7,10,19H,5,8H2,(H,20,21). The molecule has 0 bridgehead atoms. The van der Waals surface area contributed by atoms with Crippen molar-refractivity contribution in [1.82, 2.24) is 9.97 Å². The van der Waals surface area contributed by atoms with Crippen LogP contribution in [0, 0.1) is 0 Å². The zero-order chi connectivity index (χ0) is 14.4. The van der Waals surface area contributed by atoms with Crippen molar-refractivity contribution in [3.63, 3.8) is 0 Å². The van der Waals surface area contributed by atoms with Crippen LogP contribution >= 0.6 is 23.2 Å². The molecule has 2 aromatic carbocycles. The van der Waals surface area contributed by atoms with Crippen LogP contribution in [0.15, 0.2) is 36.4 Å². The monoisotopic (exact) mass is 317 g/mol. The number of aromatic amines is 1. The lowest BCUT2D eigenvalue weighted by Crippen LogP contribution is -2.22. The molecular weight excluding hydrogens is 305 g/mol. The molecule has 3 nitrogen and oxygen atoms in total. The van der Waals surface area contributed by atoms with Gasteiger partial charge < -0.3 is 10.3 Å². The van der Waals surface area contributed by atoms with Crippen LogP contribution in [-0.4, -0.2) is 16.5 Å². The van der Waals surface area contributed by atoms with Gasteiger partial charge in [-0.2, -0.15) is 0 Å². The number of hydrogen-bond donors (Lipinski definition) is 2. The summed E-state index contributed by atoms with van der Waals surface area (Å²) in [7, 11) is 0. The van der Waals surface area contributed by atoms with Crippen molar-refractivity contribution < 1.29 is 0 Å². The number of benzene rings is 2. The molecule has 4 rings (SSSR count). The molecule has 0 spiro atoms. The highest BCUT2D eigenvalue weighted by Crippen LogP contribution is 2.32. The minimum absolute atomic E-state index is 0.324. The number of aromatic nitrogens is 2. The summed E-state index contributed by atoms with van der Waals surface area (Å²) in [5.41, 5.74) is 4.33. The maximum Gasteiger partial charge on any atom is 0.112 e. The molecule has 0 fully saturated rings.